The minimum absolute atomic E-state index is 0.281. The number of β-amino-alcohol motifs (C(OH)–C–C–N with tert-alkyl or cyclic N) is 2. The van der Waals surface area contributed by atoms with E-state index in [2.05, 4.69) is 27.1 Å². The number of ether oxygens (including phenoxy) is 4. The van der Waals surface area contributed by atoms with E-state index in [-0.39, 0.29) is 6.61 Å². The van der Waals surface area contributed by atoms with Gasteiger partial charge in [0, 0.05) is 38.3 Å². The smallest absolute Gasteiger partial charge is 0.119 e. The Kier molecular flexibility index (Phi) is 23.6. The van der Waals surface area contributed by atoms with Crippen LogP contribution in [0, 0.1) is 0 Å². The van der Waals surface area contributed by atoms with E-state index < -0.39 is 24.4 Å². The number of nitrogens with zero attached hydrogens (tertiary/aromatic N) is 3. The average molecular weight is 845 g/mol. The zero-order chi connectivity index (χ0) is 43.5. The molecule has 0 aromatic heterocycles. The zero-order valence-electron chi connectivity index (χ0n) is 36.6. The van der Waals surface area contributed by atoms with Crippen molar-refractivity contribution in [3.8, 4) is 23.0 Å². The Balaban J connectivity index is 0.000000258. The molecule has 2 heterocycles. The Morgan fingerprint density at radius 1 is 0.508 bits per heavy atom. The van der Waals surface area contributed by atoms with E-state index in [1.54, 1.807) is 0 Å². The van der Waals surface area contributed by atoms with E-state index in [0.29, 0.717) is 58.1 Å². The molecule has 2 aliphatic heterocycles. The standard InChI is InChI=1S/C24H34N2O4.C23H32N2O4.C2H6/c1-25(16-21(27)18-29-23-8-4-2-5-9-23)20-12-14-26(15-13-20)17-22(28)19-30-24-10-6-3-7-11-24;26-20(17-28-22-7-3-1-4-8-22)15-24-19-11-13-25(14-12-19)16-21(27)18-29-23-9-5-2-6-10-23;1-2/h2-11,20-22,27-28H,12-19H2,1H3;1-10,19-21,24,26-27H,11-18H2;1-2H3. The molecule has 0 spiro atoms. The third kappa shape index (κ3) is 20.5. The summed E-state index contributed by atoms with van der Waals surface area (Å²) in [4.78, 5) is 6.79. The van der Waals surface area contributed by atoms with Gasteiger partial charge in [-0.15, -0.1) is 0 Å². The quantitative estimate of drug-likeness (QED) is 0.0711. The molecular formula is C49H72N4O8. The maximum Gasteiger partial charge on any atom is 0.119 e. The first-order valence-corrected chi connectivity index (χ1v) is 22.1. The van der Waals surface area contributed by atoms with Gasteiger partial charge in [-0.2, -0.15) is 0 Å². The summed E-state index contributed by atoms with van der Waals surface area (Å²) in [7, 11) is 2.06. The van der Waals surface area contributed by atoms with E-state index in [1.165, 1.54) is 0 Å². The molecule has 12 nitrogen and oxygen atoms in total. The highest BCUT2D eigenvalue weighted by Gasteiger charge is 2.25. The Labute approximate surface area is 364 Å². The van der Waals surface area contributed by atoms with Crippen LogP contribution in [0.1, 0.15) is 39.5 Å². The van der Waals surface area contributed by atoms with Crippen LogP contribution in [-0.2, 0) is 0 Å². The molecule has 0 aliphatic carbocycles. The van der Waals surface area contributed by atoms with Gasteiger partial charge in [0.1, 0.15) is 73.8 Å². The molecule has 0 amide bonds. The van der Waals surface area contributed by atoms with Crippen molar-refractivity contribution >= 4 is 0 Å². The molecule has 0 radical (unpaired) electrons. The third-order valence-corrected chi connectivity index (χ3v) is 10.6. The first-order valence-electron chi connectivity index (χ1n) is 22.1. The molecule has 2 fully saturated rings. The van der Waals surface area contributed by atoms with Crippen molar-refractivity contribution in [1.29, 1.82) is 0 Å². The van der Waals surface area contributed by atoms with Gasteiger partial charge in [0.2, 0.25) is 0 Å². The van der Waals surface area contributed by atoms with Crippen LogP contribution in [0.4, 0.5) is 0 Å². The van der Waals surface area contributed by atoms with E-state index in [9.17, 15) is 20.4 Å². The molecule has 2 aliphatic rings. The average Bonchev–Trinajstić information content (AvgIpc) is 3.31. The fourth-order valence-electron chi connectivity index (χ4n) is 7.30. The highest BCUT2D eigenvalue weighted by molar-refractivity contribution is 5.23. The molecule has 4 unspecified atom stereocenters. The van der Waals surface area contributed by atoms with Crippen LogP contribution < -0.4 is 24.3 Å². The predicted octanol–water partition coefficient (Wildman–Crippen LogP) is 5.21. The van der Waals surface area contributed by atoms with Gasteiger partial charge in [-0.3, -0.25) is 0 Å². The number of hydrogen-bond acceptors (Lipinski definition) is 12. The second kappa shape index (κ2) is 29.1. The molecule has 5 N–H and O–H groups in total. The molecule has 4 atom stereocenters. The van der Waals surface area contributed by atoms with Crippen molar-refractivity contribution in [2.45, 2.75) is 76.0 Å². The van der Waals surface area contributed by atoms with Crippen LogP contribution in [0.25, 0.3) is 0 Å². The summed E-state index contributed by atoms with van der Waals surface area (Å²) < 4.78 is 22.5. The molecule has 0 saturated carbocycles. The summed E-state index contributed by atoms with van der Waals surface area (Å²) in [6, 6.07) is 39.1. The lowest BCUT2D eigenvalue weighted by molar-refractivity contribution is 0.0300. The number of hydrogen-bond donors (Lipinski definition) is 5. The van der Waals surface area contributed by atoms with Gasteiger partial charge in [-0.25, -0.2) is 0 Å². The fourth-order valence-corrected chi connectivity index (χ4v) is 7.30. The van der Waals surface area contributed by atoms with Crippen LogP contribution in [0.15, 0.2) is 121 Å². The molecule has 6 rings (SSSR count). The Bertz CT molecular complexity index is 1630. The lowest BCUT2D eigenvalue weighted by Gasteiger charge is -2.38. The number of likely N-dealkylation sites (tertiary alicyclic amines) is 2. The van der Waals surface area contributed by atoms with Gasteiger partial charge in [-0.05, 0) is 107 Å². The van der Waals surface area contributed by atoms with Gasteiger partial charge in [0.15, 0.2) is 0 Å². The van der Waals surface area contributed by atoms with Crippen LogP contribution in [-0.4, -0.2) is 157 Å². The van der Waals surface area contributed by atoms with E-state index in [0.717, 1.165) is 74.9 Å². The number of nitrogens with one attached hydrogen (secondary N) is 1. The topological polar surface area (TPSA) is 140 Å². The van der Waals surface area contributed by atoms with Gasteiger partial charge in [0.25, 0.3) is 0 Å². The van der Waals surface area contributed by atoms with Gasteiger partial charge in [0.05, 0.1) is 0 Å². The number of aliphatic hydroxyl groups excluding tert-OH is 4. The number of benzene rings is 4. The predicted molar refractivity (Wildman–Crippen MR) is 243 cm³/mol. The summed E-state index contributed by atoms with van der Waals surface area (Å²) in [5, 5.41) is 44.4. The highest BCUT2D eigenvalue weighted by Crippen LogP contribution is 2.18. The summed E-state index contributed by atoms with van der Waals surface area (Å²) >= 11 is 0. The van der Waals surface area contributed by atoms with Crippen LogP contribution in [0.5, 0.6) is 23.0 Å². The Morgan fingerprint density at radius 3 is 1.21 bits per heavy atom. The first kappa shape index (κ1) is 49.4. The second-order valence-electron chi connectivity index (χ2n) is 15.6. The lowest BCUT2D eigenvalue weighted by Crippen LogP contribution is -2.48. The van der Waals surface area contributed by atoms with E-state index in [1.807, 2.05) is 135 Å². The van der Waals surface area contributed by atoms with Crippen molar-refractivity contribution in [3.63, 3.8) is 0 Å². The maximum atomic E-state index is 10.3. The Morgan fingerprint density at radius 2 is 0.836 bits per heavy atom. The molecule has 2 saturated heterocycles. The summed E-state index contributed by atoms with van der Waals surface area (Å²) in [6.07, 6.45) is 1.98. The van der Waals surface area contributed by atoms with Gasteiger partial charge < -0.3 is 59.4 Å². The molecule has 336 valence electrons. The van der Waals surface area contributed by atoms with Crippen molar-refractivity contribution in [2.24, 2.45) is 0 Å². The number of likely N-dealkylation sites (N-methyl/N-ethyl adjacent to an activating group) is 1. The van der Waals surface area contributed by atoms with Crippen molar-refractivity contribution in [2.75, 3.05) is 85.8 Å². The fraction of sp³-hybridized carbons (Fsp3) is 0.510. The minimum atomic E-state index is -0.537. The normalized spacial score (nSPS) is 17.1. The molecule has 4 aromatic rings. The van der Waals surface area contributed by atoms with Gasteiger partial charge >= 0.3 is 0 Å². The summed E-state index contributed by atoms with van der Waals surface area (Å²) in [5.41, 5.74) is 0. The van der Waals surface area contributed by atoms with Crippen molar-refractivity contribution in [3.05, 3.63) is 121 Å². The molecule has 0 bridgehead atoms. The lowest BCUT2D eigenvalue weighted by atomic mass is 10.0. The summed E-state index contributed by atoms with van der Waals surface area (Å²) in [6.45, 7) is 11.3. The number of piperidine rings is 2. The maximum absolute atomic E-state index is 10.3. The number of rotatable bonds is 22. The van der Waals surface area contributed by atoms with E-state index >= 15 is 0 Å². The Hall–Kier alpha value is -4.24. The molecule has 4 aromatic carbocycles. The SMILES string of the molecule is CC.CN(CC(O)COc1ccccc1)C1CCN(CC(O)COc2ccccc2)CC1.OC(CNC1CCN(CC(O)COc2ccccc2)CC1)COc1ccccc1. The largest absolute Gasteiger partial charge is 0.491 e. The zero-order valence-corrected chi connectivity index (χ0v) is 36.6. The van der Waals surface area contributed by atoms with Crippen molar-refractivity contribution < 1.29 is 39.4 Å². The second-order valence-corrected chi connectivity index (χ2v) is 15.6. The van der Waals surface area contributed by atoms with Crippen LogP contribution in [0.3, 0.4) is 0 Å². The minimum Gasteiger partial charge on any atom is -0.491 e. The molecular weight excluding hydrogens is 773 g/mol. The summed E-state index contributed by atoms with van der Waals surface area (Å²) in [5.74, 6) is 3.12. The van der Waals surface area contributed by atoms with E-state index in [4.69, 9.17) is 18.9 Å². The van der Waals surface area contributed by atoms with Crippen LogP contribution in [0.2, 0.25) is 0 Å². The molecule has 61 heavy (non-hydrogen) atoms. The molecule has 12 heteroatoms. The first-order chi connectivity index (χ1) is 29.8. The highest BCUT2D eigenvalue weighted by atomic mass is 16.5. The number of aliphatic hydroxyl groups is 4. The van der Waals surface area contributed by atoms with Gasteiger partial charge in [-0.1, -0.05) is 86.6 Å². The van der Waals surface area contributed by atoms with Crippen LogP contribution >= 0.6 is 0 Å². The monoisotopic (exact) mass is 845 g/mol. The third-order valence-electron chi connectivity index (χ3n) is 10.6. The van der Waals surface area contributed by atoms with Crippen molar-refractivity contribution in [1.82, 2.24) is 20.0 Å². The number of para-hydroxylation sites is 4.